The number of nitrogens with zero attached hydrogens (tertiary/aromatic N) is 2. The minimum Gasteiger partial charge on any atom is -0.316 e. The number of hydrogen-bond donors (Lipinski definition) is 1. The molecule has 1 N–H and O–H groups in total. The van der Waals surface area contributed by atoms with E-state index in [1.807, 2.05) is 0 Å². The highest BCUT2D eigenvalue weighted by Crippen LogP contribution is 2.23. The van der Waals surface area contributed by atoms with Crippen LogP contribution < -0.4 is 5.32 Å². The van der Waals surface area contributed by atoms with E-state index in [1.165, 1.54) is 0 Å². The Bertz CT molecular complexity index is 249. The monoisotopic (exact) mass is 207 g/mol. The molecule has 14 heavy (non-hydrogen) atoms. The largest absolute Gasteiger partial charge is 0.407 e. The number of fused-ring (bicyclic) bond motifs is 1. The highest BCUT2D eigenvalue weighted by Gasteiger charge is 2.36. The fourth-order valence-electron chi connectivity index (χ4n) is 1.90. The van der Waals surface area contributed by atoms with Gasteiger partial charge in [-0.1, -0.05) is 0 Å². The number of alkyl halides is 3. The molecule has 2 heterocycles. The van der Waals surface area contributed by atoms with Gasteiger partial charge < -0.3 is 5.32 Å². The zero-order valence-electron chi connectivity index (χ0n) is 7.64. The summed E-state index contributed by atoms with van der Waals surface area (Å²) in [5.41, 5.74) is 0.924. The lowest BCUT2D eigenvalue weighted by atomic mass is 9.98. The molecule has 1 unspecified atom stereocenters. The van der Waals surface area contributed by atoms with Crippen molar-refractivity contribution in [2.75, 3.05) is 26.2 Å². The van der Waals surface area contributed by atoms with Gasteiger partial charge in [-0.2, -0.15) is 18.3 Å². The highest BCUT2D eigenvalue weighted by molar-refractivity contribution is 5.89. The highest BCUT2D eigenvalue weighted by atomic mass is 19.4. The van der Waals surface area contributed by atoms with E-state index < -0.39 is 12.7 Å². The molecule has 0 radical (unpaired) electrons. The van der Waals surface area contributed by atoms with Gasteiger partial charge in [0.25, 0.3) is 0 Å². The van der Waals surface area contributed by atoms with Crippen LogP contribution in [-0.2, 0) is 0 Å². The van der Waals surface area contributed by atoms with E-state index in [-0.39, 0.29) is 5.92 Å². The van der Waals surface area contributed by atoms with Gasteiger partial charge in [0.05, 0.1) is 0 Å². The third kappa shape index (κ3) is 2.17. The summed E-state index contributed by atoms with van der Waals surface area (Å²) in [4.78, 5) is 0. The first kappa shape index (κ1) is 9.76. The average molecular weight is 207 g/mol. The minimum atomic E-state index is -4.15. The van der Waals surface area contributed by atoms with E-state index in [2.05, 4.69) is 10.4 Å². The van der Waals surface area contributed by atoms with Crippen LogP contribution in [-0.4, -0.2) is 43.1 Å². The fourth-order valence-corrected chi connectivity index (χ4v) is 1.90. The lowest BCUT2D eigenvalue weighted by Crippen LogP contribution is -2.38. The maximum atomic E-state index is 12.1. The van der Waals surface area contributed by atoms with E-state index in [4.69, 9.17) is 0 Å². The Labute approximate surface area is 80.0 Å². The SMILES string of the molecule is FC(F)(F)CN1CC2CNCCC2=N1. The first-order valence-electron chi connectivity index (χ1n) is 4.64. The molecule has 0 bridgehead atoms. The van der Waals surface area contributed by atoms with Gasteiger partial charge in [0.2, 0.25) is 0 Å². The Morgan fingerprint density at radius 3 is 2.93 bits per heavy atom. The van der Waals surface area contributed by atoms with Gasteiger partial charge in [-0.15, -0.1) is 0 Å². The van der Waals surface area contributed by atoms with Gasteiger partial charge in [-0.3, -0.25) is 5.01 Å². The smallest absolute Gasteiger partial charge is 0.316 e. The lowest BCUT2D eigenvalue weighted by Gasteiger charge is -2.20. The first-order chi connectivity index (χ1) is 6.54. The Balaban J connectivity index is 1.95. The summed E-state index contributed by atoms with van der Waals surface area (Å²) >= 11 is 0. The van der Waals surface area contributed by atoms with Crippen molar-refractivity contribution in [3.05, 3.63) is 0 Å². The summed E-state index contributed by atoms with van der Waals surface area (Å²) in [5.74, 6) is 0.186. The maximum absolute atomic E-state index is 12.1. The molecule has 0 aliphatic carbocycles. The van der Waals surface area contributed by atoms with Crippen LogP contribution in [0.1, 0.15) is 6.42 Å². The number of halogens is 3. The third-order valence-electron chi connectivity index (χ3n) is 2.48. The van der Waals surface area contributed by atoms with E-state index in [0.717, 1.165) is 30.2 Å². The van der Waals surface area contributed by atoms with E-state index in [1.54, 1.807) is 0 Å². The number of hydrogen-bond acceptors (Lipinski definition) is 3. The zero-order valence-corrected chi connectivity index (χ0v) is 7.64. The van der Waals surface area contributed by atoms with Gasteiger partial charge in [0.15, 0.2) is 0 Å². The Hall–Kier alpha value is -0.780. The second kappa shape index (κ2) is 3.42. The Kier molecular flexibility index (Phi) is 2.38. The van der Waals surface area contributed by atoms with Crippen molar-refractivity contribution < 1.29 is 13.2 Å². The summed E-state index contributed by atoms with van der Waals surface area (Å²) in [6, 6.07) is 0. The lowest BCUT2D eigenvalue weighted by molar-refractivity contribution is -0.145. The Morgan fingerprint density at radius 1 is 1.50 bits per heavy atom. The van der Waals surface area contributed by atoms with E-state index in [0.29, 0.717) is 6.54 Å². The third-order valence-corrected chi connectivity index (χ3v) is 2.48. The van der Waals surface area contributed by atoms with Gasteiger partial charge in [-0.25, -0.2) is 0 Å². The standard InChI is InChI=1S/C8H12F3N3/c9-8(10,11)5-14-4-6-3-12-2-1-7(6)13-14/h6,12H,1-5H2. The molecule has 2 rings (SSSR count). The number of nitrogens with one attached hydrogen (secondary N) is 1. The second-order valence-corrected chi connectivity index (χ2v) is 3.70. The van der Waals surface area contributed by atoms with E-state index >= 15 is 0 Å². The van der Waals surface area contributed by atoms with Gasteiger partial charge in [0.1, 0.15) is 6.54 Å². The van der Waals surface area contributed by atoms with Gasteiger partial charge >= 0.3 is 6.18 Å². The van der Waals surface area contributed by atoms with Crippen molar-refractivity contribution in [2.24, 2.45) is 11.0 Å². The summed E-state index contributed by atoms with van der Waals surface area (Å²) in [6.45, 7) is 1.07. The normalized spacial score (nSPS) is 27.5. The molecule has 0 amide bonds. The van der Waals surface area contributed by atoms with Crippen LogP contribution >= 0.6 is 0 Å². The molecule has 1 fully saturated rings. The summed E-state index contributed by atoms with van der Waals surface area (Å²) in [6.07, 6.45) is -3.37. The maximum Gasteiger partial charge on any atom is 0.407 e. The van der Waals surface area contributed by atoms with Crippen LogP contribution in [0.15, 0.2) is 5.10 Å². The molecule has 2 aliphatic heterocycles. The predicted octanol–water partition coefficient (Wildman–Crippen LogP) is 0.830. The van der Waals surface area contributed by atoms with Crippen LogP contribution in [0.4, 0.5) is 13.2 Å². The number of rotatable bonds is 1. The molecule has 1 atom stereocenters. The molecule has 0 aromatic carbocycles. The number of hydrazone groups is 1. The summed E-state index contributed by atoms with van der Waals surface area (Å²) in [5, 5.41) is 8.27. The average Bonchev–Trinajstić information content (AvgIpc) is 2.42. The molecule has 0 saturated carbocycles. The first-order valence-corrected chi connectivity index (χ1v) is 4.64. The molecule has 1 saturated heterocycles. The van der Waals surface area contributed by atoms with Gasteiger partial charge in [0, 0.05) is 37.7 Å². The molecular formula is C8H12F3N3. The summed E-state index contributed by atoms with van der Waals surface area (Å²) < 4.78 is 36.2. The molecule has 0 aromatic rings. The quantitative estimate of drug-likeness (QED) is 0.689. The summed E-state index contributed by atoms with van der Waals surface area (Å²) in [7, 11) is 0. The van der Waals surface area contributed by atoms with Crippen molar-refractivity contribution in [3.8, 4) is 0 Å². The van der Waals surface area contributed by atoms with Crippen LogP contribution in [0.25, 0.3) is 0 Å². The molecular weight excluding hydrogens is 195 g/mol. The van der Waals surface area contributed by atoms with Crippen molar-refractivity contribution >= 4 is 5.71 Å². The van der Waals surface area contributed by atoms with Crippen molar-refractivity contribution in [3.63, 3.8) is 0 Å². The van der Waals surface area contributed by atoms with Crippen molar-refractivity contribution in [1.82, 2.24) is 10.3 Å². The molecule has 6 heteroatoms. The minimum absolute atomic E-state index is 0.186. The predicted molar refractivity (Wildman–Crippen MR) is 46.0 cm³/mol. The van der Waals surface area contributed by atoms with Crippen LogP contribution in [0.2, 0.25) is 0 Å². The molecule has 3 nitrogen and oxygen atoms in total. The second-order valence-electron chi connectivity index (χ2n) is 3.70. The van der Waals surface area contributed by atoms with Crippen molar-refractivity contribution in [1.29, 1.82) is 0 Å². The van der Waals surface area contributed by atoms with Crippen LogP contribution in [0.3, 0.4) is 0 Å². The zero-order chi connectivity index (χ0) is 10.2. The molecule has 2 aliphatic rings. The Morgan fingerprint density at radius 2 is 2.29 bits per heavy atom. The molecule has 0 aromatic heterocycles. The number of piperidine rings is 1. The molecule has 80 valence electrons. The van der Waals surface area contributed by atoms with Gasteiger partial charge in [-0.05, 0) is 0 Å². The van der Waals surface area contributed by atoms with Crippen LogP contribution in [0.5, 0.6) is 0 Å². The van der Waals surface area contributed by atoms with Crippen molar-refractivity contribution in [2.45, 2.75) is 12.6 Å². The van der Waals surface area contributed by atoms with Crippen LogP contribution in [0, 0.1) is 5.92 Å². The van der Waals surface area contributed by atoms with E-state index in [9.17, 15) is 13.2 Å². The fraction of sp³-hybridized carbons (Fsp3) is 0.875. The topological polar surface area (TPSA) is 27.6 Å². The molecule has 0 spiro atoms.